The van der Waals surface area contributed by atoms with E-state index in [1.807, 2.05) is 0 Å². The summed E-state index contributed by atoms with van der Waals surface area (Å²) in [5.74, 6) is 2.53. The number of rotatable bonds is 3. The van der Waals surface area contributed by atoms with Gasteiger partial charge in [0.15, 0.2) is 11.5 Å². The number of hydrogen-bond acceptors (Lipinski definition) is 3. The van der Waals surface area contributed by atoms with E-state index < -0.39 is 0 Å². The van der Waals surface area contributed by atoms with Crippen LogP contribution in [0.3, 0.4) is 0 Å². The van der Waals surface area contributed by atoms with Crippen LogP contribution in [-0.2, 0) is 0 Å². The van der Waals surface area contributed by atoms with Crippen LogP contribution in [0.5, 0.6) is 11.5 Å². The van der Waals surface area contributed by atoms with Gasteiger partial charge in [-0.05, 0) is 43.0 Å². The summed E-state index contributed by atoms with van der Waals surface area (Å²) in [6.45, 7) is 8.31. The molecule has 0 saturated carbocycles. The monoisotopic (exact) mass is 261 g/mol. The average Bonchev–Trinajstić information content (AvgIpc) is 2.85. The first kappa shape index (κ1) is 12.8. The van der Waals surface area contributed by atoms with Crippen molar-refractivity contribution < 1.29 is 9.47 Å². The lowest BCUT2D eigenvalue weighted by Gasteiger charge is -2.27. The quantitative estimate of drug-likeness (QED) is 0.833. The van der Waals surface area contributed by atoms with Gasteiger partial charge in [-0.15, -0.1) is 0 Å². The molecule has 0 radical (unpaired) electrons. The first-order valence-corrected chi connectivity index (χ1v) is 7.37. The van der Waals surface area contributed by atoms with Gasteiger partial charge in [0.1, 0.15) is 13.2 Å². The molecule has 2 heterocycles. The van der Waals surface area contributed by atoms with Crippen molar-refractivity contribution in [2.75, 3.05) is 26.3 Å². The molecule has 0 aromatic heterocycles. The van der Waals surface area contributed by atoms with Gasteiger partial charge >= 0.3 is 0 Å². The summed E-state index contributed by atoms with van der Waals surface area (Å²) in [6, 6.07) is 7.00. The number of likely N-dealkylation sites (tertiary alicyclic amines) is 1. The second kappa shape index (κ2) is 5.41. The molecule has 0 aliphatic carbocycles. The van der Waals surface area contributed by atoms with Crippen LogP contribution >= 0.6 is 0 Å². The van der Waals surface area contributed by atoms with Crippen LogP contribution < -0.4 is 9.47 Å². The van der Waals surface area contributed by atoms with Crippen LogP contribution in [-0.4, -0.2) is 31.2 Å². The van der Waals surface area contributed by atoms with Crippen molar-refractivity contribution in [3.63, 3.8) is 0 Å². The minimum Gasteiger partial charge on any atom is -0.486 e. The molecule has 3 rings (SSSR count). The van der Waals surface area contributed by atoms with Crippen LogP contribution in [0.15, 0.2) is 18.2 Å². The van der Waals surface area contributed by atoms with E-state index in [2.05, 4.69) is 36.9 Å². The zero-order chi connectivity index (χ0) is 13.2. The van der Waals surface area contributed by atoms with Crippen molar-refractivity contribution in [3.05, 3.63) is 23.8 Å². The van der Waals surface area contributed by atoms with E-state index in [-0.39, 0.29) is 0 Å². The van der Waals surface area contributed by atoms with Crippen LogP contribution in [0.25, 0.3) is 0 Å². The Labute approximate surface area is 115 Å². The van der Waals surface area contributed by atoms with Crippen LogP contribution in [0.4, 0.5) is 0 Å². The number of fused-ring (bicyclic) bond motifs is 1. The molecule has 0 N–H and O–H groups in total. The van der Waals surface area contributed by atoms with Gasteiger partial charge < -0.3 is 9.47 Å². The highest BCUT2D eigenvalue weighted by atomic mass is 16.6. The maximum Gasteiger partial charge on any atom is 0.161 e. The molecule has 1 atom stereocenters. The fourth-order valence-electron chi connectivity index (χ4n) is 3.16. The lowest BCUT2D eigenvalue weighted by atomic mass is 10.0. The van der Waals surface area contributed by atoms with Gasteiger partial charge in [0.05, 0.1) is 0 Å². The molecule has 104 valence electrons. The lowest BCUT2D eigenvalue weighted by molar-refractivity contribution is 0.170. The Morgan fingerprint density at radius 1 is 1.21 bits per heavy atom. The lowest BCUT2D eigenvalue weighted by Crippen LogP contribution is -2.27. The van der Waals surface area contributed by atoms with Crippen LogP contribution in [0.2, 0.25) is 0 Å². The zero-order valence-electron chi connectivity index (χ0n) is 11.9. The van der Waals surface area contributed by atoms with Gasteiger partial charge in [-0.1, -0.05) is 19.9 Å². The van der Waals surface area contributed by atoms with Gasteiger partial charge in [-0.25, -0.2) is 0 Å². The van der Waals surface area contributed by atoms with Gasteiger partial charge in [0, 0.05) is 12.6 Å². The Morgan fingerprint density at radius 2 is 2.00 bits per heavy atom. The van der Waals surface area contributed by atoms with E-state index in [0.717, 1.165) is 17.4 Å². The molecule has 19 heavy (non-hydrogen) atoms. The SMILES string of the molecule is CC(C)CN1CCCC1c1ccc2c(c1)OCCO2. The Balaban J connectivity index is 1.81. The molecule has 0 bridgehead atoms. The Kier molecular flexibility index (Phi) is 3.65. The minimum absolute atomic E-state index is 0.554. The molecular formula is C16H23NO2. The molecule has 0 spiro atoms. The second-order valence-electron chi connectivity index (χ2n) is 5.95. The van der Waals surface area contributed by atoms with E-state index in [0.29, 0.717) is 19.3 Å². The van der Waals surface area contributed by atoms with E-state index in [9.17, 15) is 0 Å². The highest BCUT2D eigenvalue weighted by molar-refractivity contribution is 5.44. The summed E-state index contributed by atoms with van der Waals surface area (Å²) in [7, 11) is 0. The molecule has 2 aliphatic rings. The first-order chi connectivity index (χ1) is 9.24. The third kappa shape index (κ3) is 2.71. The second-order valence-corrected chi connectivity index (χ2v) is 5.95. The molecule has 1 aromatic rings. The third-order valence-electron chi connectivity index (χ3n) is 3.91. The topological polar surface area (TPSA) is 21.7 Å². The molecule has 3 nitrogen and oxygen atoms in total. The smallest absolute Gasteiger partial charge is 0.161 e. The molecule has 1 saturated heterocycles. The van der Waals surface area contributed by atoms with Crippen molar-refractivity contribution >= 4 is 0 Å². The van der Waals surface area contributed by atoms with Crippen LogP contribution in [0, 0.1) is 5.92 Å². The largest absolute Gasteiger partial charge is 0.486 e. The molecule has 2 aliphatic heterocycles. The summed E-state index contributed by atoms with van der Waals surface area (Å²) in [6.07, 6.45) is 2.55. The molecule has 1 fully saturated rings. The highest BCUT2D eigenvalue weighted by Crippen LogP contribution is 2.38. The third-order valence-corrected chi connectivity index (χ3v) is 3.91. The predicted octanol–water partition coefficient (Wildman–Crippen LogP) is 3.25. The van der Waals surface area contributed by atoms with Gasteiger partial charge in [0.2, 0.25) is 0 Å². The molecule has 0 amide bonds. The Hall–Kier alpha value is -1.22. The number of benzene rings is 1. The summed E-state index contributed by atoms with van der Waals surface area (Å²) < 4.78 is 11.3. The standard InChI is InChI=1S/C16H23NO2/c1-12(2)11-17-7-3-4-14(17)13-5-6-15-16(10-13)19-9-8-18-15/h5-6,10,12,14H,3-4,7-9,11H2,1-2H3. The maximum atomic E-state index is 5.70. The molecule has 3 heteroatoms. The summed E-state index contributed by atoms with van der Waals surface area (Å²) >= 11 is 0. The first-order valence-electron chi connectivity index (χ1n) is 7.37. The van der Waals surface area contributed by atoms with Crippen molar-refractivity contribution in [3.8, 4) is 11.5 Å². The van der Waals surface area contributed by atoms with E-state index in [1.54, 1.807) is 0 Å². The highest BCUT2D eigenvalue weighted by Gasteiger charge is 2.27. The maximum absolute atomic E-state index is 5.70. The number of hydrogen-bond donors (Lipinski definition) is 0. The normalized spacial score (nSPS) is 23.0. The molecule has 1 aromatic carbocycles. The van der Waals surface area contributed by atoms with Crippen molar-refractivity contribution in [1.82, 2.24) is 4.90 Å². The fourth-order valence-corrected chi connectivity index (χ4v) is 3.16. The fraction of sp³-hybridized carbons (Fsp3) is 0.625. The van der Waals surface area contributed by atoms with Crippen molar-refractivity contribution in [2.24, 2.45) is 5.92 Å². The average molecular weight is 261 g/mol. The minimum atomic E-state index is 0.554. The molecule has 1 unspecified atom stereocenters. The number of nitrogens with zero attached hydrogens (tertiary/aromatic N) is 1. The van der Waals surface area contributed by atoms with Gasteiger partial charge in [-0.2, -0.15) is 0 Å². The van der Waals surface area contributed by atoms with E-state index in [4.69, 9.17) is 9.47 Å². The zero-order valence-corrected chi connectivity index (χ0v) is 11.9. The Bertz CT molecular complexity index is 444. The van der Waals surface area contributed by atoms with Crippen LogP contribution in [0.1, 0.15) is 38.3 Å². The number of ether oxygens (including phenoxy) is 2. The van der Waals surface area contributed by atoms with Gasteiger partial charge in [0.25, 0.3) is 0 Å². The van der Waals surface area contributed by atoms with E-state index >= 15 is 0 Å². The Morgan fingerprint density at radius 3 is 2.79 bits per heavy atom. The van der Waals surface area contributed by atoms with E-state index in [1.165, 1.54) is 31.5 Å². The van der Waals surface area contributed by atoms with Gasteiger partial charge in [-0.3, -0.25) is 4.90 Å². The van der Waals surface area contributed by atoms with Crippen molar-refractivity contribution in [1.29, 1.82) is 0 Å². The summed E-state index contributed by atoms with van der Waals surface area (Å²) in [5, 5.41) is 0. The summed E-state index contributed by atoms with van der Waals surface area (Å²) in [5.41, 5.74) is 1.38. The summed E-state index contributed by atoms with van der Waals surface area (Å²) in [4.78, 5) is 2.61. The van der Waals surface area contributed by atoms with Crippen molar-refractivity contribution in [2.45, 2.75) is 32.7 Å². The molecular weight excluding hydrogens is 238 g/mol. The predicted molar refractivity (Wildman–Crippen MR) is 75.8 cm³/mol.